The number of nitrogens with zero attached hydrogens (tertiary/aromatic N) is 3. The number of hydrogen-bond acceptors (Lipinski definition) is 5. The summed E-state index contributed by atoms with van der Waals surface area (Å²) in [5.41, 5.74) is 0. The highest BCUT2D eigenvalue weighted by Crippen LogP contribution is 2.38. The third-order valence-corrected chi connectivity index (χ3v) is 6.04. The lowest BCUT2D eigenvalue weighted by Crippen LogP contribution is -2.30. The third kappa shape index (κ3) is 3.03. The van der Waals surface area contributed by atoms with Crippen molar-refractivity contribution in [2.45, 2.75) is 44.9 Å². The average Bonchev–Trinajstić information content (AvgIpc) is 3.00. The highest BCUT2D eigenvalue weighted by atomic mass is 32.2. The first-order chi connectivity index (χ1) is 9.58. The predicted molar refractivity (Wildman–Crippen MR) is 73.7 cm³/mol. The van der Waals surface area contributed by atoms with Crippen molar-refractivity contribution in [3.8, 4) is 0 Å². The van der Waals surface area contributed by atoms with Gasteiger partial charge in [0.1, 0.15) is 0 Å². The molecule has 0 aromatic carbocycles. The van der Waals surface area contributed by atoms with Gasteiger partial charge in [-0.3, -0.25) is 0 Å². The van der Waals surface area contributed by atoms with Crippen molar-refractivity contribution in [1.82, 2.24) is 14.4 Å². The fourth-order valence-electron chi connectivity index (χ4n) is 2.67. The van der Waals surface area contributed by atoms with Crippen LogP contribution in [0.15, 0.2) is 4.52 Å². The van der Waals surface area contributed by atoms with Gasteiger partial charge in [-0.25, -0.2) is 12.7 Å². The van der Waals surface area contributed by atoms with Crippen LogP contribution in [0.3, 0.4) is 0 Å². The minimum absolute atomic E-state index is 0.190. The molecular weight excluding hydrogens is 278 g/mol. The van der Waals surface area contributed by atoms with E-state index in [1.807, 2.05) is 0 Å². The van der Waals surface area contributed by atoms with Crippen molar-refractivity contribution in [3.05, 3.63) is 11.7 Å². The van der Waals surface area contributed by atoms with E-state index in [2.05, 4.69) is 10.1 Å². The van der Waals surface area contributed by atoms with Gasteiger partial charge in [0.05, 0.1) is 5.75 Å². The van der Waals surface area contributed by atoms with E-state index in [-0.39, 0.29) is 5.75 Å². The van der Waals surface area contributed by atoms with E-state index >= 15 is 0 Å². The molecular formula is C13H21N3O3S. The van der Waals surface area contributed by atoms with Crippen LogP contribution < -0.4 is 0 Å². The largest absolute Gasteiger partial charge is 0.339 e. The predicted octanol–water partition coefficient (Wildman–Crippen LogP) is 1.55. The summed E-state index contributed by atoms with van der Waals surface area (Å²) in [5, 5.41) is 4.00. The molecule has 2 heterocycles. The van der Waals surface area contributed by atoms with Gasteiger partial charge in [-0.05, 0) is 38.5 Å². The fourth-order valence-corrected chi connectivity index (χ4v) is 3.85. The molecule has 1 saturated carbocycles. The lowest BCUT2D eigenvalue weighted by atomic mass is 10.0. The molecule has 0 spiro atoms. The van der Waals surface area contributed by atoms with Crippen LogP contribution in [0.25, 0.3) is 0 Å². The molecule has 7 heteroatoms. The topological polar surface area (TPSA) is 76.3 Å². The molecule has 1 aliphatic heterocycles. The van der Waals surface area contributed by atoms with Crippen molar-refractivity contribution in [3.63, 3.8) is 0 Å². The number of aryl methyl sites for hydroxylation is 1. The minimum atomic E-state index is -3.03. The fraction of sp³-hybridized carbons (Fsp3) is 0.846. The Morgan fingerprint density at radius 2 is 2.15 bits per heavy atom. The third-order valence-electron chi connectivity index (χ3n) is 4.19. The van der Waals surface area contributed by atoms with E-state index in [9.17, 15) is 8.42 Å². The zero-order chi connectivity index (χ0) is 14.2. The van der Waals surface area contributed by atoms with Crippen molar-refractivity contribution in [1.29, 1.82) is 0 Å². The van der Waals surface area contributed by atoms with Crippen molar-refractivity contribution < 1.29 is 12.9 Å². The first kappa shape index (κ1) is 14.0. The molecule has 1 aliphatic carbocycles. The molecule has 1 saturated heterocycles. The zero-order valence-corrected chi connectivity index (χ0v) is 12.6. The SMILES string of the molecule is CCS(=O)(=O)N1CCC(CCc2noc(C3CC3)n2)C1. The van der Waals surface area contributed by atoms with Gasteiger partial charge < -0.3 is 4.52 Å². The molecule has 1 aromatic heterocycles. The van der Waals surface area contributed by atoms with E-state index < -0.39 is 10.0 Å². The summed E-state index contributed by atoms with van der Waals surface area (Å²) in [4.78, 5) is 4.41. The van der Waals surface area contributed by atoms with Gasteiger partial charge in [-0.15, -0.1) is 0 Å². The maximum absolute atomic E-state index is 11.8. The highest BCUT2D eigenvalue weighted by Gasteiger charge is 2.31. The summed E-state index contributed by atoms with van der Waals surface area (Å²) in [5.74, 6) is 2.65. The second-order valence-corrected chi connectivity index (χ2v) is 8.03. The number of rotatable bonds is 6. The Labute approximate surface area is 119 Å². The molecule has 6 nitrogen and oxygen atoms in total. The van der Waals surface area contributed by atoms with E-state index in [4.69, 9.17) is 4.52 Å². The molecule has 1 unspecified atom stereocenters. The molecule has 0 bridgehead atoms. The Kier molecular flexibility index (Phi) is 3.81. The molecule has 1 atom stereocenters. The number of hydrogen-bond donors (Lipinski definition) is 0. The van der Waals surface area contributed by atoms with E-state index in [0.717, 1.165) is 43.8 Å². The normalized spacial score (nSPS) is 24.4. The van der Waals surface area contributed by atoms with Crippen molar-refractivity contribution >= 4 is 10.0 Å². The zero-order valence-electron chi connectivity index (χ0n) is 11.8. The van der Waals surface area contributed by atoms with Crippen LogP contribution in [0.1, 0.15) is 50.2 Å². The molecule has 0 N–H and O–H groups in total. The standard InChI is InChI=1S/C13H21N3O3S/c1-2-20(17,18)16-8-7-10(9-16)3-6-12-14-13(19-15-12)11-4-5-11/h10-11H,2-9H2,1H3. The first-order valence-corrected chi connectivity index (χ1v) is 8.99. The van der Waals surface area contributed by atoms with Gasteiger partial charge >= 0.3 is 0 Å². The Morgan fingerprint density at radius 3 is 2.85 bits per heavy atom. The second-order valence-electron chi connectivity index (χ2n) is 5.78. The summed E-state index contributed by atoms with van der Waals surface area (Å²) in [6, 6.07) is 0. The summed E-state index contributed by atoms with van der Waals surface area (Å²) in [6.07, 6.45) is 4.97. The van der Waals surface area contributed by atoms with Crippen LogP contribution >= 0.6 is 0 Å². The van der Waals surface area contributed by atoms with E-state index in [1.54, 1.807) is 11.2 Å². The van der Waals surface area contributed by atoms with Crippen LogP contribution in [-0.2, 0) is 16.4 Å². The van der Waals surface area contributed by atoms with Gasteiger partial charge in [-0.2, -0.15) is 4.98 Å². The van der Waals surface area contributed by atoms with E-state index in [0.29, 0.717) is 24.9 Å². The highest BCUT2D eigenvalue weighted by molar-refractivity contribution is 7.89. The molecule has 0 radical (unpaired) electrons. The molecule has 112 valence electrons. The van der Waals surface area contributed by atoms with Crippen LogP contribution in [0.4, 0.5) is 0 Å². The molecule has 20 heavy (non-hydrogen) atoms. The minimum Gasteiger partial charge on any atom is -0.339 e. The Balaban J connectivity index is 1.49. The Hall–Kier alpha value is -0.950. The second kappa shape index (κ2) is 5.44. The summed E-state index contributed by atoms with van der Waals surface area (Å²) >= 11 is 0. The van der Waals surface area contributed by atoms with E-state index in [1.165, 1.54) is 0 Å². The summed E-state index contributed by atoms with van der Waals surface area (Å²) in [7, 11) is -3.03. The quantitative estimate of drug-likeness (QED) is 0.796. The van der Waals surface area contributed by atoms with Crippen LogP contribution in [-0.4, -0.2) is 41.7 Å². The smallest absolute Gasteiger partial charge is 0.229 e. The van der Waals surface area contributed by atoms with Crippen LogP contribution in [0.5, 0.6) is 0 Å². The molecule has 3 rings (SSSR count). The monoisotopic (exact) mass is 299 g/mol. The summed E-state index contributed by atoms with van der Waals surface area (Å²) < 4.78 is 30.4. The van der Waals surface area contributed by atoms with Gasteiger partial charge in [0.25, 0.3) is 0 Å². The van der Waals surface area contributed by atoms with Gasteiger partial charge in [0, 0.05) is 25.4 Å². The van der Waals surface area contributed by atoms with Gasteiger partial charge in [0.15, 0.2) is 5.82 Å². The lowest BCUT2D eigenvalue weighted by Gasteiger charge is -2.14. The average molecular weight is 299 g/mol. The lowest BCUT2D eigenvalue weighted by molar-refractivity contribution is 0.371. The van der Waals surface area contributed by atoms with Crippen molar-refractivity contribution in [2.75, 3.05) is 18.8 Å². The Bertz CT molecular complexity index is 565. The van der Waals surface area contributed by atoms with Crippen LogP contribution in [0, 0.1) is 5.92 Å². The number of sulfonamides is 1. The van der Waals surface area contributed by atoms with Crippen LogP contribution in [0.2, 0.25) is 0 Å². The molecule has 1 aromatic rings. The van der Waals surface area contributed by atoms with Gasteiger partial charge in [0.2, 0.25) is 15.9 Å². The van der Waals surface area contributed by atoms with Crippen molar-refractivity contribution in [2.24, 2.45) is 5.92 Å². The molecule has 2 fully saturated rings. The summed E-state index contributed by atoms with van der Waals surface area (Å²) in [6.45, 7) is 2.99. The maximum Gasteiger partial charge on any atom is 0.229 e. The maximum atomic E-state index is 11.8. The molecule has 0 amide bonds. The Morgan fingerprint density at radius 1 is 1.35 bits per heavy atom. The van der Waals surface area contributed by atoms with Gasteiger partial charge in [-0.1, -0.05) is 5.16 Å². The first-order valence-electron chi connectivity index (χ1n) is 7.39. The number of aromatic nitrogens is 2. The molecule has 2 aliphatic rings.